The number of rotatable bonds is 4. The molecule has 1 aromatic carbocycles. The fourth-order valence-corrected chi connectivity index (χ4v) is 5.87. The van der Waals surface area contributed by atoms with Crippen molar-refractivity contribution in [1.82, 2.24) is 14.1 Å². The molecule has 0 spiro atoms. The number of fused-ring (bicyclic) bond motifs is 2. The molecule has 0 atom stereocenters. The Kier molecular flexibility index (Phi) is 5.08. The zero-order chi connectivity index (χ0) is 23.4. The molecular weight excluding hydrogens is 486 g/mol. The average molecular weight is 500 g/mol. The highest BCUT2D eigenvalue weighted by Gasteiger charge is 2.23. The van der Waals surface area contributed by atoms with Crippen LogP contribution in [0.1, 0.15) is 15.2 Å². The van der Waals surface area contributed by atoms with Gasteiger partial charge in [0, 0.05) is 17.6 Å². The van der Waals surface area contributed by atoms with Gasteiger partial charge in [-0.25, -0.2) is 14.2 Å². The first-order chi connectivity index (χ1) is 15.8. The highest BCUT2D eigenvalue weighted by molar-refractivity contribution is 7.21. The van der Waals surface area contributed by atoms with E-state index in [2.05, 4.69) is 4.98 Å². The molecule has 0 amide bonds. The molecule has 5 aromatic rings. The minimum Gasteiger partial charge on any atom is -0.497 e. The lowest BCUT2D eigenvalue weighted by atomic mass is 10.1. The van der Waals surface area contributed by atoms with Crippen LogP contribution >= 0.6 is 34.3 Å². The molecule has 33 heavy (non-hydrogen) atoms. The molecule has 0 aliphatic carbocycles. The third kappa shape index (κ3) is 3.17. The van der Waals surface area contributed by atoms with Crippen molar-refractivity contribution >= 4 is 60.5 Å². The molecule has 11 heteroatoms. The molecule has 0 unspecified atom stereocenters. The van der Waals surface area contributed by atoms with E-state index >= 15 is 0 Å². The number of hydrogen-bond donors (Lipinski definition) is 1. The van der Waals surface area contributed by atoms with Gasteiger partial charge in [-0.3, -0.25) is 14.3 Å². The van der Waals surface area contributed by atoms with E-state index in [1.807, 2.05) is 0 Å². The maximum atomic E-state index is 13.8. The minimum atomic E-state index is -1.08. The molecule has 0 bridgehead atoms. The topological polar surface area (TPSA) is 103 Å². The van der Waals surface area contributed by atoms with Crippen molar-refractivity contribution in [3.63, 3.8) is 0 Å². The number of pyridine rings is 1. The van der Waals surface area contributed by atoms with Crippen molar-refractivity contribution in [2.45, 2.75) is 6.92 Å². The molecule has 0 saturated carbocycles. The average Bonchev–Trinajstić information content (AvgIpc) is 3.41. The Morgan fingerprint density at radius 3 is 2.67 bits per heavy atom. The number of aryl methyl sites for hydroxylation is 1. The minimum absolute atomic E-state index is 0.126. The van der Waals surface area contributed by atoms with Crippen molar-refractivity contribution in [2.75, 3.05) is 7.11 Å². The molecule has 4 aromatic heterocycles. The van der Waals surface area contributed by atoms with Gasteiger partial charge in [0.05, 0.1) is 39.9 Å². The number of carbonyl (C=O) groups is 1. The second kappa shape index (κ2) is 7.84. The molecule has 0 radical (unpaired) electrons. The summed E-state index contributed by atoms with van der Waals surface area (Å²) in [6.45, 7) is 1.65. The second-order valence-corrected chi connectivity index (χ2v) is 9.48. The second-order valence-electron chi connectivity index (χ2n) is 7.10. The molecule has 8 nitrogen and oxygen atoms in total. The number of carboxylic acids is 1. The monoisotopic (exact) mass is 499 g/mol. The summed E-state index contributed by atoms with van der Waals surface area (Å²) in [5.41, 5.74) is 0.270. The summed E-state index contributed by atoms with van der Waals surface area (Å²) in [5, 5.41) is 12.1. The third-order valence-corrected chi connectivity index (χ3v) is 7.74. The number of hydrogen-bond acceptors (Lipinski definition) is 7. The number of nitrogens with zero attached hydrogens (tertiary/aromatic N) is 3. The van der Waals surface area contributed by atoms with E-state index in [9.17, 15) is 19.5 Å². The SMILES string of the molecule is COc1ccc(Cl)c(-n2c(=O)n(-c3cncc4sc(C(=O)O)c(C)c34)c(=O)c3sccc32)c1. The van der Waals surface area contributed by atoms with Crippen LogP contribution in [-0.4, -0.2) is 32.3 Å². The lowest BCUT2D eigenvalue weighted by molar-refractivity contribution is 0.0701. The highest BCUT2D eigenvalue weighted by Crippen LogP contribution is 2.34. The number of aromatic carboxylic acids is 1. The van der Waals surface area contributed by atoms with Gasteiger partial charge in [0.25, 0.3) is 5.56 Å². The first kappa shape index (κ1) is 21.4. The Bertz CT molecular complexity index is 1710. The van der Waals surface area contributed by atoms with E-state index < -0.39 is 17.2 Å². The molecule has 0 fully saturated rings. The Morgan fingerprint density at radius 1 is 1.15 bits per heavy atom. The van der Waals surface area contributed by atoms with Gasteiger partial charge in [0.15, 0.2) is 0 Å². The van der Waals surface area contributed by atoms with E-state index in [1.165, 1.54) is 35.4 Å². The van der Waals surface area contributed by atoms with Crippen molar-refractivity contribution in [1.29, 1.82) is 0 Å². The number of methoxy groups -OCH3 is 1. The van der Waals surface area contributed by atoms with Gasteiger partial charge in [-0.15, -0.1) is 22.7 Å². The summed E-state index contributed by atoms with van der Waals surface area (Å²) in [6.07, 6.45) is 2.92. The molecule has 0 aliphatic heterocycles. The van der Waals surface area contributed by atoms with Gasteiger partial charge in [-0.2, -0.15) is 0 Å². The maximum absolute atomic E-state index is 13.8. The number of carboxylic acid groups (broad SMARTS) is 1. The smallest absolute Gasteiger partial charge is 0.346 e. The van der Waals surface area contributed by atoms with Crippen LogP contribution in [0, 0.1) is 6.92 Å². The Labute approximate surface area is 198 Å². The zero-order valence-electron chi connectivity index (χ0n) is 17.2. The quantitative estimate of drug-likeness (QED) is 0.391. The summed E-state index contributed by atoms with van der Waals surface area (Å²) in [6, 6.07) is 6.58. The molecule has 4 heterocycles. The number of benzene rings is 1. The summed E-state index contributed by atoms with van der Waals surface area (Å²) >= 11 is 8.69. The van der Waals surface area contributed by atoms with E-state index in [0.717, 1.165) is 15.9 Å². The van der Waals surface area contributed by atoms with E-state index in [0.29, 0.717) is 42.3 Å². The first-order valence-corrected chi connectivity index (χ1v) is 11.6. The number of halogens is 1. The highest BCUT2D eigenvalue weighted by atomic mass is 35.5. The Morgan fingerprint density at radius 2 is 1.94 bits per heavy atom. The number of aromatic nitrogens is 3. The van der Waals surface area contributed by atoms with Crippen LogP contribution in [0.4, 0.5) is 0 Å². The normalized spacial score (nSPS) is 11.4. The van der Waals surface area contributed by atoms with Crippen LogP contribution in [0.2, 0.25) is 5.02 Å². The summed E-state index contributed by atoms with van der Waals surface area (Å²) < 4.78 is 8.58. The molecule has 166 valence electrons. The maximum Gasteiger partial charge on any atom is 0.346 e. The van der Waals surface area contributed by atoms with Gasteiger partial charge >= 0.3 is 11.7 Å². The van der Waals surface area contributed by atoms with Crippen LogP contribution < -0.4 is 16.0 Å². The number of thiophene rings is 2. The molecule has 0 saturated heterocycles. The van der Waals surface area contributed by atoms with Gasteiger partial charge in [0.1, 0.15) is 15.3 Å². The molecule has 5 rings (SSSR count). The number of ether oxygens (including phenoxy) is 1. The van der Waals surface area contributed by atoms with Crippen LogP contribution in [-0.2, 0) is 0 Å². The van der Waals surface area contributed by atoms with Crippen LogP contribution in [0.5, 0.6) is 5.75 Å². The van der Waals surface area contributed by atoms with E-state index in [-0.39, 0.29) is 10.6 Å². The molecular formula is C22H14ClN3O5S2. The van der Waals surface area contributed by atoms with Gasteiger partial charge in [0.2, 0.25) is 0 Å². The van der Waals surface area contributed by atoms with Crippen LogP contribution in [0.3, 0.4) is 0 Å². The summed E-state index contributed by atoms with van der Waals surface area (Å²) in [7, 11) is 1.50. The fraction of sp³-hybridized carbons (Fsp3) is 0.0909. The van der Waals surface area contributed by atoms with E-state index in [4.69, 9.17) is 16.3 Å². The Balaban J connectivity index is 1.95. The standard InChI is InChI=1S/C22H14ClN3O5S2/c1-10-17-15(8-24-9-16(17)33-18(10)21(28)29)26-20(27)19-13(5-6-32-19)25(22(26)30)14-7-11(31-2)3-4-12(14)23/h3-9H,1-2H3,(H,28,29). The van der Waals surface area contributed by atoms with Crippen molar-refractivity contribution in [3.05, 3.63) is 78.3 Å². The van der Waals surface area contributed by atoms with Crippen LogP contribution in [0.15, 0.2) is 51.6 Å². The van der Waals surface area contributed by atoms with Crippen molar-refractivity contribution < 1.29 is 14.6 Å². The largest absolute Gasteiger partial charge is 0.497 e. The van der Waals surface area contributed by atoms with Gasteiger partial charge in [-0.05, 0) is 36.1 Å². The summed E-state index contributed by atoms with van der Waals surface area (Å²) in [4.78, 5) is 43.3. The lowest BCUT2D eigenvalue weighted by Crippen LogP contribution is -2.38. The lowest BCUT2D eigenvalue weighted by Gasteiger charge is -2.15. The van der Waals surface area contributed by atoms with Crippen LogP contribution in [0.25, 0.3) is 31.7 Å². The Hall–Kier alpha value is -3.47. The fourth-order valence-electron chi connectivity index (χ4n) is 3.82. The third-order valence-electron chi connectivity index (χ3n) is 5.31. The van der Waals surface area contributed by atoms with Crippen molar-refractivity contribution in [3.8, 4) is 17.1 Å². The zero-order valence-corrected chi connectivity index (χ0v) is 19.5. The predicted molar refractivity (Wildman–Crippen MR) is 129 cm³/mol. The molecule has 0 aliphatic rings. The summed E-state index contributed by atoms with van der Waals surface area (Å²) in [5.74, 6) is -0.591. The van der Waals surface area contributed by atoms with Gasteiger partial charge in [-0.1, -0.05) is 11.6 Å². The van der Waals surface area contributed by atoms with Gasteiger partial charge < -0.3 is 9.84 Å². The predicted octanol–water partition coefficient (Wildman–Crippen LogP) is 4.48. The molecule has 1 N–H and O–H groups in total. The first-order valence-electron chi connectivity index (χ1n) is 9.53. The van der Waals surface area contributed by atoms with E-state index in [1.54, 1.807) is 36.6 Å². The van der Waals surface area contributed by atoms with Crippen molar-refractivity contribution in [2.24, 2.45) is 0 Å².